The highest BCUT2D eigenvalue weighted by molar-refractivity contribution is 6.05. The van der Waals surface area contributed by atoms with Crippen LogP contribution in [0.15, 0.2) is 54.9 Å². The summed E-state index contributed by atoms with van der Waals surface area (Å²) >= 11 is 0. The molecule has 0 fully saturated rings. The summed E-state index contributed by atoms with van der Waals surface area (Å²) in [5.41, 5.74) is 3.12. The van der Waals surface area contributed by atoms with Gasteiger partial charge in [-0.2, -0.15) is 5.10 Å². The van der Waals surface area contributed by atoms with E-state index in [9.17, 15) is 9.59 Å². The molecule has 144 valence electrons. The molecule has 0 radical (unpaired) electrons. The van der Waals surface area contributed by atoms with Crippen LogP contribution in [0.3, 0.4) is 0 Å². The van der Waals surface area contributed by atoms with Crippen LogP contribution >= 0.6 is 0 Å². The average Bonchev–Trinajstić information content (AvgIpc) is 3.14. The quantitative estimate of drug-likeness (QED) is 0.665. The molecule has 0 spiro atoms. The van der Waals surface area contributed by atoms with Crippen LogP contribution in [-0.4, -0.2) is 35.9 Å². The van der Waals surface area contributed by atoms with E-state index in [0.717, 1.165) is 11.1 Å². The number of nitrogens with one attached hydrogen (secondary N) is 1. The van der Waals surface area contributed by atoms with Gasteiger partial charge in [-0.25, -0.2) is 4.79 Å². The van der Waals surface area contributed by atoms with Gasteiger partial charge in [0.2, 0.25) is 0 Å². The summed E-state index contributed by atoms with van der Waals surface area (Å²) in [6, 6.07) is 12.5. The first-order chi connectivity index (χ1) is 13.5. The van der Waals surface area contributed by atoms with E-state index in [1.165, 1.54) is 7.11 Å². The Morgan fingerprint density at radius 3 is 2.57 bits per heavy atom. The zero-order valence-electron chi connectivity index (χ0n) is 15.9. The zero-order valence-corrected chi connectivity index (χ0v) is 15.9. The molecular weight excluding hydrogens is 358 g/mol. The molecule has 0 unspecified atom stereocenters. The summed E-state index contributed by atoms with van der Waals surface area (Å²) in [6.45, 7) is 2.21. The van der Waals surface area contributed by atoms with E-state index in [2.05, 4.69) is 10.4 Å². The minimum atomic E-state index is -0.398. The van der Waals surface area contributed by atoms with Crippen molar-refractivity contribution in [2.24, 2.45) is 0 Å². The number of esters is 1. The summed E-state index contributed by atoms with van der Waals surface area (Å²) in [5, 5.41) is 7.10. The number of rotatable bonds is 6. The summed E-state index contributed by atoms with van der Waals surface area (Å²) in [4.78, 5) is 24.5. The zero-order chi connectivity index (χ0) is 20.1. The van der Waals surface area contributed by atoms with Gasteiger partial charge in [0.15, 0.2) is 0 Å². The fourth-order valence-corrected chi connectivity index (χ4v) is 2.94. The lowest BCUT2D eigenvalue weighted by Gasteiger charge is -2.10. The van der Waals surface area contributed by atoms with E-state index in [1.807, 2.05) is 25.1 Å². The molecule has 28 heavy (non-hydrogen) atoms. The molecule has 0 atom stereocenters. The van der Waals surface area contributed by atoms with Gasteiger partial charge in [-0.1, -0.05) is 24.3 Å². The molecule has 0 aliphatic rings. The molecule has 3 aromatic rings. The molecule has 0 saturated heterocycles. The highest BCUT2D eigenvalue weighted by Gasteiger charge is 2.14. The Balaban J connectivity index is 1.75. The lowest BCUT2D eigenvalue weighted by molar-refractivity contribution is 0.0599. The number of hydrogen-bond donors (Lipinski definition) is 1. The van der Waals surface area contributed by atoms with Gasteiger partial charge in [-0.05, 0) is 30.7 Å². The largest absolute Gasteiger partial charge is 0.496 e. The molecule has 1 aromatic heterocycles. The first-order valence-corrected chi connectivity index (χ1v) is 8.67. The Morgan fingerprint density at radius 2 is 1.82 bits per heavy atom. The van der Waals surface area contributed by atoms with Crippen molar-refractivity contribution >= 4 is 17.6 Å². The van der Waals surface area contributed by atoms with Crippen LogP contribution in [0, 0.1) is 6.92 Å². The molecule has 0 aliphatic heterocycles. The SMILES string of the molecule is COC(=O)c1ccccc1Cn1cc(NC(=O)c2cccc(OC)c2C)cn1. The van der Waals surface area contributed by atoms with Crippen molar-refractivity contribution in [1.82, 2.24) is 9.78 Å². The molecule has 7 nitrogen and oxygen atoms in total. The fourth-order valence-electron chi connectivity index (χ4n) is 2.94. The molecule has 0 aliphatic carbocycles. The lowest BCUT2D eigenvalue weighted by atomic mass is 10.1. The maximum Gasteiger partial charge on any atom is 0.338 e. The third-order valence-electron chi connectivity index (χ3n) is 4.39. The number of carbonyl (C=O) groups excluding carboxylic acids is 2. The van der Waals surface area contributed by atoms with Gasteiger partial charge >= 0.3 is 5.97 Å². The summed E-state index contributed by atoms with van der Waals surface area (Å²) in [5.74, 6) is 0.0125. The number of carbonyl (C=O) groups is 2. The minimum Gasteiger partial charge on any atom is -0.496 e. The predicted molar refractivity (Wildman–Crippen MR) is 105 cm³/mol. The molecule has 0 bridgehead atoms. The van der Waals surface area contributed by atoms with E-state index in [1.54, 1.807) is 48.5 Å². The van der Waals surface area contributed by atoms with Gasteiger partial charge in [0.1, 0.15) is 5.75 Å². The Labute approximate surface area is 162 Å². The molecule has 0 saturated carbocycles. The van der Waals surface area contributed by atoms with Gasteiger partial charge in [-0.15, -0.1) is 0 Å². The van der Waals surface area contributed by atoms with Gasteiger partial charge < -0.3 is 14.8 Å². The van der Waals surface area contributed by atoms with Crippen LogP contribution in [0.5, 0.6) is 5.75 Å². The average molecular weight is 379 g/mol. The number of aromatic nitrogens is 2. The number of benzene rings is 2. The van der Waals surface area contributed by atoms with Crippen molar-refractivity contribution < 1.29 is 19.1 Å². The smallest absolute Gasteiger partial charge is 0.338 e. The highest BCUT2D eigenvalue weighted by Crippen LogP contribution is 2.22. The van der Waals surface area contributed by atoms with Crippen LogP contribution < -0.4 is 10.1 Å². The summed E-state index contributed by atoms with van der Waals surface area (Å²) < 4.78 is 11.7. The first-order valence-electron chi connectivity index (χ1n) is 8.67. The molecular formula is C21H21N3O4. The topological polar surface area (TPSA) is 82.5 Å². The van der Waals surface area contributed by atoms with E-state index in [4.69, 9.17) is 9.47 Å². The number of methoxy groups -OCH3 is 2. The second kappa shape index (κ2) is 8.39. The van der Waals surface area contributed by atoms with Crippen LogP contribution in [0.4, 0.5) is 5.69 Å². The third kappa shape index (κ3) is 4.03. The van der Waals surface area contributed by atoms with Crippen molar-refractivity contribution in [3.05, 3.63) is 77.1 Å². The monoisotopic (exact) mass is 379 g/mol. The molecule has 7 heteroatoms. The Bertz CT molecular complexity index is 1010. The molecule has 1 amide bonds. The summed E-state index contributed by atoms with van der Waals surface area (Å²) in [7, 11) is 2.92. The van der Waals surface area contributed by atoms with Gasteiger partial charge in [0.05, 0.1) is 38.2 Å². The molecule has 1 N–H and O–H groups in total. The third-order valence-corrected chi connectivity index (χ3v) is 4.39. The Kier molecular flexibility index (Phi) is 5.74. The molecule has 1 heterocycles. The van der Waals surface area contributed by atoms with E-state index < -0.39 is 5.97 Å². The van der Waals surface area contributed by atoms with Crippen molar-refractivity contribution in [3.8, 4) is 5.75 Å². The van der Waals surface area contributed by atoms with E-state index in [-0.39, 0.29) is 5.91 Å². The number of amides is 1. The first kappa shape index (κ1) is 19.2. The second-order valence-corrected chi connectivity index (χ2v) is 6.16. The van der Waals surface area contributed by atoms with Crippen LogP contribution in [0.25, 0.3) is 0 Å². The Morgan fingerprint density at radius 1 is 1.07 bits per heavy atom. The van der Waals surface area contributed by atoms with Crippen LogP contribution in [0.2, 0.25) is 0 Å². The standard InChI is InChI=1S/C21H21N3O4/c1-14-17(9-6-10-19(14)27-2)20(25)23-16-11-22-24(13-16)12-15-7-4-5-8-18(15)21(26)28-3/h4-11,13H,12H2,1-3H3,(H,23,25). The summed E-state index contributed by atoms with van der Waals surface area (Å²) in [6.07, 6.45) is 3.27. The maximum atomic E-state index is 12.6. The van der Waals surface area contributed by atoms with E-state index in [0.29, 0.717) is 29.1 Å². The lowest BCUT2D eigenvalue weighted by Crippen LogP contribution is -2.13. The van der Waals surface area contributed by atoms with Crippen molar-refractivity contribution in [2.75, 3.05) is 19.5 Å². The second-order valence-electron chi connectivity index (χ2n) is 6.16. The number of hydrogen-bond acceptors (Lipinski definition) is 5. The molecule has 3 rings (SSSR count). The number of anilines is 1. The number of nitrogens with zero attached hydrogens (tertiary/aromatic N) is 2. The van der Waals surface area contributed by atoms with Gasteiger partial charge in [0, 0.05) is 17.3 Å². The van der Waals surface area contributed by atoms with Crippen molar-refractivity contribution in [1.29, 1.82) is 0 Å². The van der Waals surface area contributed by atoms with Crippen molar-refractivity contribution in [2.45, 2.75) is 13.5 Å². The number of ether oxygens (including phenoxy) is 2. The Hall–Kier alpha value is -3.61. The van der Waals surface area contributed by atoms with Crippen LogP contribution in [0.1, 0.15) is 31.8 Å². The van der Waals surface area contributed by atoms with Crippen LogP contribution in [-0.2, 0) is 11.3 Å². The fraction of sp³-hybridized carbons (Fsp3) is 0.190. The maximum absolute atomic E-state index is 12.6. The highest BCUT2D eigenvalue weighted by atomic mass is 16.5. The molecule has 2 aromatic carbocycles. The van der Waals surface area contributed by atoms with Crippen molar-refractivity contribution in [3.63, 3.8) is 0 Å². The predicted octanol–water partition coefficient (Wildman–Crippen LogP) is 3.29. The van der Waals surface area contributed by atoms with Gasteiger partial charge in [-0.3, -0.25) is 9.48 Å². The minimum absolute atomic E-state index is 0.245. The normalized spacial score (nSPS) is 10.4. The van der Waals surface area contributed by atoms with E-state index >= 15 is 0 Å². The van der Waals surface area contributed by atoms with Gasteiger partial charge in [0.25, 0.3) is 5.91 Å².